The maximum atomic E-state index is 12.4. The predicted molar refractivity (Wildman–Crippen MR) is 98.3 cm³/mol. The molecule has 0 atom stereocenters. The number of nitrogens with two attached hydrogens (primary N) is 1. The van der Waals surface area contributed by atoms with Gasteiger partial charge in [-0.25, -0.2) is 0 Å². The van der Waals surface area contributed by atoms with E-state index in [1.54, 1.807) is 11.0 Å². The van der Waals surface area contributed by atoms with Crippen LogP contribution in [0, 0.1) is 10.1 Å². The highest BCUT2D eigenvalue weighted by Gasteiger charge is 2.24. The van der Waals surface area contributed by atoms with Crippen LogP contribution in [-0.4, -0.2) is 48.1 Å². The summed E-state index contributed by atoms with van der Waals surface area (Å²) in [7, 11) is 0. The number of carbonyl (C=O) groups excluding carboxylic acids is 1. The lowest BCUT2D eigenvalue weighted by Gasteiger charge is -2.32. The van der Waals surface area contributed by atoms with Gasteiger partial charge in [-0.2, -0.15) is 0 Å². The number of piperidine rings is 1. The number of amides is 1. The van der Waals surface area contributed by atoms with E-state index in [0.29, 0.717) is 31.8 Å². The van der Waals surface area contributed by atoms with E-state index < -0.39 is 4.92 Å². The number of nitrogens with zero attached hydrogens (tertiary/aromatic N) is 2. The Balaban J connectivity index is 0.00000312. The molecule has 25 heavy (non-hydrogen) atoms. The van der Waals surface area contributed by atoms with E-state index in [-0.39, 0.29) is 41.5 Å². The first-order valence-electron chi connectivity index (χ1n) is 8.03. The molecule has 2 rings (SSSR count). The summed E-state index contributed by atoms with van der Waals surface area (Å²) in [4.78, 5) is 24.4. The molecule has 1 fully saturated rings. The summed E-state index contributed by atoms with van der Waals surface area (Å²) in [6.07, 6.45) is 2.80. The molecule has 0 spiro atoms. The second kappa shape index (κ2) is 10.6. The van der Waals surface area contributed by atoms with Crippen molar-refractivity contribution in [2.24, 2.45) is 5.73 Å². The minimum absolute atomic E-state index is 0. The number of rotatable bonds is 7. The van der Waals surface area contributed by atoms with Crippen molar-refractivity contribution in [3.8, 4) is 0 Å². The Morgan fingerprint density at radius 3 is 2.64 bits per heavy atom. The molecular weight excluding hydrogens is 369 g/mol. The number of halogens is 2. The molecule has 0 saturated carbocycles. The van der Waals surface area contributed by atoms with Crippen LogP contribution in [0.25, 0.3) is 0 Å². The summed E-state index contributed by atoms with van der Waals surface area (Å²) in [5.41, 5.74) is 5.96. The second-order valence-corrected chi connectivity index (χ2v) is 6.21. The van der Waals surface area contributed by atoms with Crippen LogP contribution in [0.5, 0.6) is 0 Å². The number of nitro benzene ring substituents is 1. The van der Waals surface area contributed by atoms with Crippen molar-refractivity contribution >= 4 is 35.6 Å². The van der Waals surface area contributed by atoms with Crippen LogP contribution in [0.3, 0.4) is 0 Å². The van der Waals surface area contributed by atoms with Crippen LogP contribution in [0.4, 0.5) is 5.69 Å². The number of carbonyl (C=O) groups is 1. The Kier molecular flexibility index (Phi) is 9.13. The van der Waals surface area contributed by atoms with E-state index in [1.807, 2.05) is 0 Å². The Hall–Kier alpha value is -1.41. The average Bonchev–Trinajstić information content (AvgIpc) is 2.57. The lowest BCUT2D eigenvalue weighted by molar-refractivity contribution is -0.384. The van der Waals surface area contributed by atoms with Gasteiger partial charge >= 0.3 is 0 Å². The Bertz CT molecular complexity index is 593. The van der Waals surface area contributed by atoms with E-state index in [4.69, 9.17) is 22.1 Å². The predicted octanol–water partition coefficient (Wildman–Crippen LogP) is 2.57. The van der Waals surface area contributed by atoms with Crippen LogP contribution >= 0.6 is 24.0 Å². The highest BCUT2D eigenvalue weighted by atomic mass is 35.5. The first-order chi connectivity index (χ1) is 11.5. The summed E-state index contributed by atoms with van der Waals surface area (Å²) in [6.45, 7) is 2.58. The molecule has 0 aromatic heterocycles. The van der Waals surface area contributed by atoms with Gasteiger partial charge in [-0.05, 0) is 31.4 Å². The number of nitro groups is 1. The zero-order valence-electron chi connectivity index (χ0n) is 13.9. The van der Waals surface area contributed by atoms with Gasteiger partial charge in [0.1, 0.15) is 0 Å². The number of hydrogen-bond donors (Lipinski definition) is 1. The van der Waals surface area contributed by atoms with Gasteiger partial charge in [-0.15, -0.1) is 12.4 Å². The number of ether oxygens (including phenoxy) is 1. The van der Waals surface area contributed by atoms with Crippen molar-refractivity contribution in [1.82, 2.24) is 4.90 Å². The molecule has 0 aliphatic carbocycles. The lowest BCUT2D eigenvalue weighted by Crippen LogP contribution is -2.41. The molecule has 1 aromatic carbocycles. The molecule has 0 radical (unpaired) electrons. The molecule has 1 heterocycles. The van der Waals surface area contributed by atoms with Crippen molar-refractivity contribution in [3.63, 3.8) is 0 Å². The quantitative estimate of drug-likeness (QED) is 0.437. The Morgan fingerprint density at radius 2 is 2.08 bits per heavy atom. The van der Waals surface area contributed by atoms with Crippen LogP contribution in [0.15, 0.2) is 18.2 Å². The van der Waals surface area contributed by atoms with Crippen molar-refractivity contribution < 1.29 is 14.5 Å². The molecule has 1 aromatic rings. The molecule has 0 bridgehead atoms. The normalized spacial score (nSPS) is 14.9. The van der Waals surface area contributed by atoms with Crippen molar-refractivity contribution in [3.05, 3.63) is 38.9 Å². The second-order valence-electron chi connectivity index (χ2n) is 5.80. The molecule has 1 saturated heterocycles. The van der Waals surface area contributed by atoms with Gasteiger partial charge in [0.2, 0.25) is 5.91 Å². The van der Waals surface area contributed by atoms with Gasteiger partial charge in [-0.3, -0.25) is 14.9 Å². The van der Waals surface area contributed by atoms with E-state index >= 15 is 0 Å². The van der Waals surface area contributed by atoms with E-state index in [1.165, 1.54) is 12.1 Å². The summed E-state index contributed by atoms with van der Waals surface area (Å²) in [6, 6.07) is 4.19. The molecular formula is C16H23Cl2N3O4. The molecule has 9 heteroatoms. The van der Waals surface area contributed by atoms with E-state index in [9.17, 15) is 14.9 Å². The van der Waals surface area contributed by atoms with Crippen molar-refractivity contribution in [2.75, 3.05) is 26.2 Å². The fourth-order valence-corrected chi connectivity index (χ4v) is 2.91. The third-order valence-electron chi connectivity index (χ3n) is 4.09. The van der Waals surface area contributed by atoms with Gasteiger partial charge in [0.05, 0.1) is 22.5 Å². The van der Waals surface area contributed by atoms with Crippen LogP contribution in [0.2, 0.25) is 5.02 Å². The Morgan fingerprint density at radius 1 is 1.40 bits per heavy atom. The molecule has 1 amide bonds. The summed E-state index contributed by atoms with van der Waals surface area (Å²) in [5, 5.41) is 11.0. The fraction of sp³-hybridized carbons (Fsp3) is 0.562. The first-order valence-corrected chi connectivity index (χ1v) is 8.41. The molecule has 0 unspecified atom stereocenters. The molecule has 1 aliphatic heterocycles. The smallest absolute Gasteiger partial charge is 0.270 e. The number of benzene rings is 1. The maximum Gasteiger partial charge on any atom is 0.270 e. The third-order valence-corrected chi connectivity index (χ3v) is 4.44. The van der Waals surface area contributed by atoms with Gasteiger partial charge in [0.15, 0.2) is 0 Å². The van der Waals surface area contributed by atoms with Crippen LogP contribution in [-0.2, 0) is 16.0 Å². The standard InChI is InChI=1S/C16H22ClN3O4.ClH/c17-15-11-13(20(22)23)3-2-12(15)10-16(21)19-7-4-14(5-8-19)24-9-1-6-18;/h2-3,11,14H,1,4-10,18H2;1H. The Labute approximate surface area is 158 Å². The first kappa shape index (κ1) is 21.6. The zero-order valence-corrected chi connectivity index (χ0v) is 15.4. The highest BCUT2D eigenvalue weighted by molar-refractivity contribution is 6.31. The zero-order chi connectivity index (χ0) is 17.5. The molecule has 140 valence electrons. The van der Waals surface area contributed by atoms with Gasteiger partial charge in [-0.1, -0.05) is 17.7 Å². The monoisotopic (exact) mass is 391 g/mol. The van der Waals surface area contributed by atoms with E-state index in [2.05, 4.69) is 0 Å². The van der Waals surface area contributed by atoms with Crippen LogP contribution < -0.4 is 5.73 Å². The minimum atomic E-state index is -0.507. The van der Waals surface area contributed by atoms with Crippen LogP contribution in [0.1, 0.15) is 24.8 Å². The fourth-order valence-electron chi connectivity index (χ4n) is 2.67. The maximum absolute atomic E-state index is 12.4. The number of likely N-dealkylation sites (tertiary alicyclic amines) is 1. The van der Waals surface area contributed by atoms with E-state index in [0.717, 1.165) is 19.3 Å². The number of non-ortho nitro benzene ring substituents is 1. The van der Waals surface area contributed by atoms with Gasteiger partial charge in [0, 0.05) is 31.8 Å². The molecule has 1 aliphatic rings. The topological polar surface area (TPSA) is 98.7 Å². The molecule has 2 N–H and O–H groups in total. The van der Waals surface area contributed by atoms with Crippen molar-refractivity contribution in [2.45, 2.75) is 31.8 Å². The average molecular weight is 392 g/mol. The minimum Gasteiger partial charge on any atom is -0.378 e. The molecule has 7 nitrogen and oxygen atoms in total. The summed E-state index contributed by atoms with van der Waals surface area (Å²) < 4.78 is 5.72. The summed E-state index contributed by atoms with van der Waals surface area (Å²) >= 11 is 6.05. The summed E-state index contributed by atoms with van der Waals surface area (Å²) in [5.74, 6) is -0.0221. The third kappa shape index (κ3) is 6.43. The van der Waals surface area contributed by atoms with Gasteiger partial charge in [0.25, 0.3) is 5.69 Å². The SMILES string of the molecule is Cl.NCCCOC1CCN(C(=O)Cc2ccc([N+](=O)[O-])cc2Cl)CC1. The van der Waals surface area contributed by atoms with Gasteiger partial charge < -0.3 is 15.4 Å². The highest BCUT2D eigenvalue weighted by Crippen LogP contribution is 2.24. The van der Waals surface area contributed by atoms with Crippen molar-refractivity contribution in [1.29, 1.82) is 0 Å². The lowest BCUT2D eigenvalue weighted by atomic mass is 10.1. The number of hydrogen-bond acceptors (Lipinski definition) is 5. The largest absolute Gasteiger partial charge is 0.378 e.